The van der Waals surface area contributed by atoms with Crippen molar-refractivity contribution in [2.24, 2.45) is 0 Å². The van der Waals surface area contributed by atoms with Crippen molar-refractivity contribution >= 4 is 11.8 Å². The molecular formula is C18H27N3O3. The number of nitrogens with one attached hydrogen (secondary N) is 2. The maximum Gasteiger partial charge on any atom is 0.242 e. The Morgan fingerprint density at radius 2 is 2.00 bits per heavy atom. The number of benzene rings is 1. The van der Waals surface area contributed by atoms with E-state index in [0.29, 0.717) is 6.54 Å². The molecule has 2 atom stereocenters. The predicted molar refractivity (Wildman–Crippen MR) is 92.8 cm³/mol. The van der Waals surface area contributed by atoms with Gasteiger partial charge in [-0.3, -0.25) is 14.5 Å². The summed E-state index contributed by atoms with van der Waals surface area (Å²) in [6.07, 6.45) is 2.35. The molecule has 6 nitrogen and oxygen atoms in total. The van der Waals surface area contributed by atoms with E-state index >= 15 is 0 Å². The van der Waals surface area contributed by atoms with Crippen molar-refractivity contribution in [3.05, 3.63) is 29.8 Å². The Balaban J connectivity index is 2.06. The third-order valence-electron chi connectivity index (χ3n) is 4.34. The molecule has 1 aliphatic heterocycles. The highest BCUT2D eigenvalue weighted by atomic mass is 16.5. The molecule has 1 aromatic carbocycles. The van der Waals surface area contributed by atoms with Crippen LogP contribution in [0.15, 0.2) is 24.3 Å². The normalized spacial score (nSPS) is 17.1. The molecular weight excluding hydrogens is 306 g/mol. The first-order valence-corrected chi connectivity index (χ1v) is 8.44. The standard InChI is InChI=1S/C18H27N3O3/c1-13(20-14(2)22)18(23)19-12-17(21-9-4-5-10-21)15-7-6-8-16(11-15)24-3/h6-8,11,13,17H,4-5,9-10,12H2,1-3H3,(H,19,23)(H,20,22). The van der Waals surface area contributed by atoms with Gasteiger partial charge in [0.2, 0.25) is 11.8 Å². The van der Waals surface area contributed by atoms with E-state index < -0.39 is 6.04 Å². The Hall–Kier alpha value is -2.08. The number of ether oxygens (including phenoxy) is 1. The Morgan fingerprint density at radius 3 is 2.62 bits per heavy atom. The van der Waals surface area contributed by atoms with E-state index in [1.54, 1.807) is 14.0 Å². The minimum atomic E-state index is -0.535. The Labute approximate surface area is 143 Å². The van der Waals surface area contributed by atoms with Crippen molar-refractivity contribution in [2.75, 3.05) is 26.7 Å². The number of amides is 2. The molecule has 1 aliphatic rings. The van der Waals surface area contributed by atoms with Gasteiger partial charge in [0.05, 0.1) is 13.2 Å². The minimum absolute atomic E-state index is 0.107. The van der Waals surface area contributed by atoms with Crippen molar-refractivity contribution in [3.8, 4) is 5.75 Å². The van der Waals surface area contributed by atoms with Gasteiger partial charge in [-0.25, -0.2) is 0 Å². The topological polar surface area (TPSA) is 70.7 Å². The van der Waals surface area contributed by atoms with E-state index in [1.165, 1.54) is 19.8 Å². The molecule has 0 bridgehead atoms. The molecule has 24 heavy (non-hydrogen) atoms. The van der Waals surface area contributed by atoms with Gasteiger partial charge in [0, 0.05) is 13.5 Å². The SMILES string of the molecule is COc1cccc(C(CNC(=O)C(C)NC(C)=O)N2CCCC2)c1. The zero-order chi connectivity index (χ0) is 17.5. The van der Waals surface area contributed by atoms with Crippen LogP contribution in [0.2, 0.25) is 0 Å². The van der Waals surface area contributed by atoms with Crippen LogP contribution in [-0.2, 0) is 9.59 Å². The Bertz CT molecular complexity index is 570. The maximum absolute atomic E-state index is 12.2. The second-order valence-electron chi connectivity index (χ2n) is 6.20. The lowest BCUT2D eigenvalue weighted by Crippen LogP contribution is -2.46. The lowest BCUT2D eigenvalue weighted by atomic mass is 10.0. The van der Waals surface area contributed by atoms with Crippen LogP contribution in [-0.4, -0.2) is 49.5 Å². The molecule has 2 unspecified atom stereocenters. The van der Waals surface area contributed by atoms with Crippen LogP contribution in [0.3, 0.4) is 0 Å². The second-order valence-corrected chi connectivity index (χ2v) is 6.20. The van der Waals surface area contributed by atoms with Crippen molar-refractivity contribution in [1.82, 2.24) is 15.5 Å². The van der Waals surface area contributed by atoms with Crippen LogP contribution in [0.5, 0.6) is 5.75 Å². The summed E-state index contributed by atoms with van der Waals surface area (Å²) in [4.78, 5) is 25.7. The van der Waals surface area contributed by atoms with E-state index in [0.717, 1.165) is 24.4 Å². The third-order valence-corrected chi connectivity index (χ3v) is 4.34. The van der Waals surface area contributed by atoms with Crippen LogP contribution in [0, 0.1) is 0 Å². The zero-order valence-corrected chi connectivity index (χ0v) is 14.7. The molecule has 0 saturated carbocycles. The zero-order valence-electron chi connectivity index (χ0n) is 14.7. The average Bonchev–Trinajstić information content (AvgIpc) is 3.08. The summed E-state index contributed by atoms with van der Waals surface area (Å²) in [5, 5.41) is 5.57. The van der Waals surface area contributed by atoms with Gasteiger partial charge in [-0.2, -0.15) is 0 Å². The number of carbonyl (C=O) groups is 2. The van der Waals surface area contributed by atoms with Crippen LogP contribution < -0.4 is 15.4 Å². The smallest absolute Gasteiger partial charge is 0.242 e. The van der Waals surface area contributed by atoms with E-state index in [-0.39, 0.29) is 17.9 Å². The van der Waals surface area contributed by atoms with Gasteiger partial charge in [0.15, 0.2) is 0 Å². The fourth-order valence-corrected chi connectivity index (χ4v) is 3.08. The van der Waals surface area contributed by atoms with Crippen molar-refractivity contribution in [3.63, 3.8) is 0 Å². The molecule has 1 aromatic rings. The summed E-state index contributed by atoms with van der Waals surface area (Å²) in [7, 11) is 1.65. The maximum atomic E-state index is 12.2. The van der Waals surface area contributed by atoms with Crippen molar-refractivity contribution < 1.29 is 14.3 Å². The molecule has 2 rings (SSSR count). The molecule has 0 aromatic heterocycles. The quantitative estimate of drug-likeness (QED) is 0.793. The van der Waals surface area contributed by atoms with E-state index in [1.807, 2.05) is 18.2 Å². The lowest BCUT2D eigenvalue weighted by Gasteiger charge is -2.29. The Kier molecular flexibility index (Phi) is 6.61. The summed E-state index contributed by atoms with van der Waals surface area (Å²) in [5.41, 5.74) is 1.13. The van der Waals surface area contributed by atoms with Crippen LogP contribution in [0.4, 0.5) is 0 Å². The largest absolute Gasteiger partial charge is 0.497 e. The minimum Gasteiger partial charge on any atom is -0.497 e. The van der Waals surface area contributed by atoms with Gasteiger partial charge in [-0.15, -0.1) is 0 Å². The summed E-state index contributed by atoms with van der Waals surface area (Å²) in [6.45, 7) is 5.66. The number of carbonyl (C=O) groups excluding carboxylic acids is 2. The van der Waals surface area contributed by atoms with Gasteiger partial charge >= 0.3 is 0 Å². The van der Waals surface area contributed by atoms with Gasteiger partial charge in [-0.05, 0) is 50.6 Å². The van der Waals surface area contributed by atoms with Crippen LogP contribution >= 0.6 is 0 Å². The predicted octanol–water partition coefficient (Wildman–Crippen LogP) is 1.47. The lowest BCUT2D eigenvalue weighted by molar-refractivity contribution is -0.127. The molecule has 6 heteroatoms. The summed E-state index contributed by atoms with van der Waals surface area (Å²) in [5.74, 6) is 0.438. The van der Waals surface area contributed by atoms with E-state index in [9.17, 15) is 9.59 Å². The third kappa shape index (κ3) is 4.96. The van der Waals surface area contributed by atoms with Gasteiger partial charge in [0.1, 0.15) is 11.8 Å². The average molecular weight is 333 g/mol. The van der Waals surface area contributed by atoms with Crippen molar-refractivity contribution in [1.29, 1.82) is 0 Å². The molecule has 0 radical (unpaired) electrons. The monoisotopic (exact) mass is 333 g/mol. The van der Waals surface area contributed by atoms with Gasteiger partial charge in [-0.1, -0.05) is 12.1 Å². The van der Waals surface area contributed by atoms with Crippen LogP contribution in [0.25, 0.3) is 0 Å². The summed E-state index contributed by atoms with van der Waals surface area (Å²) < 4.78 is 5.32. The van der Waals surface area contributed by atoms with Gasteiger partial charge < -0.3 is 15.4 Å². The summed E-state index contributed by atoms with van der Waals surface area (Å²) in [6, 6.07) is 7.55. The first kappa shape index (κ1) is 18.3. The second kappa shape index (κ2) is 8.68. The number of methoxy groups -OCH3 is 1. The number of rotatable bonds is 7. The molecule has 2 amide bonds. The van der Waals surface area contributed by atoms with Crippen LogP contribution in [0.1, 0.15) is 38.3 Å². The highest BCUT2D eigenvalue weighted by Gasteiger charge is 2.25. The first-order chi connectivity index (χ1) is 11.5. The molecule has 0 spiro atoms. The number of hydrogen-bond donors (Lipinski definition) is 2. The van der Waals surface area contributed by atoms with E-state index in [4.69, 9.17) is 4.74 Å². The molecule has 0 aliphatic carbocycles. The number of likely N-dealkylation sites (tertiary alicyclic amines) is 1. The molecule has 1 fully saturated rings. The fourth-order valence-electron chi connectivity index (χ4n) is 3.08. The fraction of sp³-hybridized carbons (Fsp3) is 0.556. The van der Waals surface area contributed by atoms with E-state index in [2.05, 4.69) is 21.6 Å². The molecule has 132 valence electrons. The van der Waals surface area contributed by atoms with Crippen molar-refractivity contribution in [2.45, 2.75) is 38.8 Å². The summed E-state index contributed by atoms with van der Waals surface area (Å²) >= 11 is 0. The number of nitrogens with zero attached hydrogens (tertiary/aromatic N) is 1. The highest BCUT2D eigenvalue weighted by molar-refractivity contribution is 5.86. The molecule has 2 N–H and O–H groups in total. The highest BCUT2D eigenvalue weighted by Crippen LogP contribution is 2.27. The Morgan fingerprint density at radius 1 is 1.29 bits per heavy atom. The molecule has 1 saturated heterocycles. The van der Waals surface area contributed by atoms with Gasteiger partial charge in [0.25, 0.3) is 0 Å². The first-order valence-electron chi connectivity index (χ1n) is 8.44. The number of hydrogen-bond acceptors (Lipinski definition) is 4. The molecule has 1 heterocycles.